The van der Waals surface area contributed by atoms with E-state index in [0.29, 0.717) is 0 Å². The van der Waals surface area contributed by atoms with Crippen molar-refractivity contribution in [1.29, 1.82) is 0 Å². The molecule has 0 aromatic heterocycles. The number of amides is 1. The number of carboxylic acids is 2. The molecule has 0 fully saturated rings. The molecule has 0 saturated heterocycles. The molecule has 0 radical (unpaired) electrons. The number of carboxylic acid groups (broad SMARTS) is 2. The Morgan fingerprint density at radius 2 is 1.88 bits per heavy atom. The van der Waals surface area contributed by atoms with Crippen molar-refractivity contribution in [3.05, 3.63) is 0 Å². The summed E-state index contributed by atoms with van der Waals surface area (Å²) in [5, 5.41) is 20.2. The van der Waals surface area contributed by atoms with Crippen molar-refractivity contribution in [3.63, 3.8) is 0 Å². The number of carbonyl (C=O) groups is 3. The molecule has 8 nitrogen and oxygen atoms in total. The van der Waals surface area contributed by atoms with Crippen LogP contribution >= 0.6 is 0 Å². The zero-order valence-corrected chi connectivity index (χ0v) is 8.60. The van der Waals surface area contributed by atoms with Crippen molar-refractivity contribution < 1.29 is 29.3 Å². The lowest BCUT2D eigenvalue weighted by Crippen LogP contribution is -2.24. The third-order valence-electron chi connectivity index (χ3n) is 1.38. The van der Waals surface area contributed by atoms with E-state index in [1.807, 2.05) is 5.43 Å². The van der Waals surface area contributed by atoms with Crippen LogP contribution in [0.3, 0.4) is 0 Å². The molecule has 0 unspecified atom stereocenters. The molecule has 0 atom stereocenters. The molecule has 3 N–H and O–H groups in total. The number of nitrogens with one attached hydrogen (secondary N) is 1. The summed E-state index contributed by atoms with van der Waals surface area (Å²) in [6.45, 7) is 1.70. The van der Waals surface area contributed by atoms with Gasteiger partial charge in [-0.05, 0) is 6.92 Å². The third-order valence-corrected chi connectivity index (χ3v) is 1.38. The van der Waals surface area contributed by atoms with Crippen LogP contribution in [0, 0.1) is 0 Å². The molecule has 0 rings (SSSR count). The molecule has 0 aromatic carbocycles. The minimum atomic E-state index is -1.39. The molecule has 8 heteroatoms. The zero-order valence-electron chi connectivity index (χ0n) is 8.60. The summed E-state index contributed by atoms with van der Waals surface area (Å²) in [6, 6.07) is 0. The highest BCUT2D eigenvalue weighted by Gasteiger charge is 2.12. The van der Waals surface area contributed by atoms with Crippen molar-refractivity contribution in [2.75, 3.05) is 6.61 Å². The van der Waals surface area contributed by atoms with E-state index in [-0.39, 0.29) is 19.4 Å². The molecule has 16 heavy (non-hydrogen) atoms. The van der Waals surface area contributed by atoms with E-state index in [2.05, 4.69) is 9.84 Å². The second-order valence-electron chi connectivity index (χ2n) is 2.59. The Bertz CT molecular complexity index is 312. The molecule has 0 aliphatic rings. The van der Waals surface area contributed by atoms with Crippen molar-refractivity contribution in [3.8, 4) is 0 Å². The van der Waals surface area contributed by atoms with Gasteiger partial charge in [-0.25, -0.2) is 15.0 Å². The van der Waals surface area contributed by atoms with Gasteiger partial charge in [-0.15, -0.1) is 0 Å². The third kappa shape index (κ3) is 6.35. The first-order valence-electron chi connectivity index (χ1n) is 4.41. The van der Waals surface area contributed by atoms with E-state index in [4.69, 9.17) is 10.2 Å². The van der Waals surface area contributed by atoms with Gasteiger partial charge in [0.15, 0.2) is 0 Å². The van der Waals surface area contributed by atoms with Crippen LogP contribution in [0.2, 0.25) is 0 Å². The number of hydrazone groups is 1. The molecule has 0 spiro atoms. The predicted octanol–water partition coefficient (Wildman–Crippen LogP) is 0.0379. The second kappa shape index (κ2) is 7.21. The number of aliphatic carboxylic acids is 2. The monoisotopic (exact) mass is 232 g/mol. The van der Waals surface area contributed by atoms with Crippen LogP contribution in [-0.2, 0) is 14.3 Å². The smallest absolute Gasteiger partial charge is 0.427 e. The first-order valence-corrected chi connectivity index (χ1v) is 4.41. The highest BCUT2D eigenvalue weighted by molar-refractivity contribution is 6.35. The number of hydrogen-bond donors (Lipinski definition) is 3. The van der Waals surface area contributed by atoms with Gasteiger partial charge in [0.2, 0.25) is 0 Å². The topological polar surface area (TPSA) is 125 Å². The van der Waals surface area contributed by atoms with Crippen molar-refractivity contribution in [2.24, 2.45) is 5.10 Å². The maximum atomic E-state index is 10.8. The summed E-state index contributed by atoms with van der Waals surface area (Å²) in [5.74, 6) is -2.54. The summed E-state index contributed by atoms with van der Waals surface area (Å²) < 4.78 is 4.43. The second-order valence-corrected chi connectivity index (χ2v) is 2.59. The first kappa shape index (κ1) is 13.9. The molecule has 0 aliphatic heterocycles. The fourth-order valence-corrected chi connectivity index (χ4v) is 0.712. The first-order chi connectivity index (χ1) is 7.47. The Hall–Kier alpha value is -2.12. The average Bonchev–Trinajstić information content (AvgIpc) is 2.17. The number of ether oxygens (including phenoxy) is 1. The Morgan fingerprint density at radius 3 is 2.31 bits per heavy atom. The lowest BCUT2D eigenvalue weighted by atomic mass is 10.2. The van der Waals surface area contributed by atoms with Gasteiger partial charge in [-0.1, -0.05) is 0 Å². The van der Waals surface area contributed by atoms with Crippen LogP contribution in [0.25, 0.3) is 0 Å². The predicted molar refractivity (Wildman–Crippen MR) is 52.1 cm³/mol. The lowest BCUT2D eigenvalue weighted by molar-refractivity contribution is -0.136. The lowest BCUT2D eigenvalue weighted by Gasteiger charge is -2.01. The normalized spacial score (nSPS) is 10.7. The van der Waals surface area contributed by atoms with E-state index in [9.17, 15) is 14.4 Å². The summed E-state index contributed by atoms with van der Waals surface area (Å²) in [5.41, 5.74) is 1.39. The van der Waals surface area contributed by atoms with Crippen LogP contribution in [-0.4, -0.2) is 40.6 Å². The fourth-order valence-electron chi connectivity index (χ4n) is 0.712. The molecule has 0 aliphatic carbocycles. The van der Waals surface area contributed by atoms with Gasteiger partial charge in [0.05, 0.1) is 13.0 Å². The molecule has 1 amide bonds. The SMILES string of the molecule is CCOC(=O)N/N=C(\CCC(=O)O)C(=O)O. The fraction of sp³-hybridized carbons (Fsp3) is 0.500. The Morgan fingerprint density at radius 1 is 1.25 bits per heavy atom. The van der Waals surface area contributed by atoms with Crippen LogP contribution in [0.4, 0.5) is 4.79 Å². The number of hydrogen-bond acceptors (Lipinski definition) is 5. The van der Waals surface area contributed by atoms with E-state index in [0.717, 1.165) is 0 Å². The van der Waals surface area contributed by atoms with Gasteiger partial charge in [-0.3, -0.25) is 4.79 Å². The molecule has 0 bridgehead atoms. The average molecular weight is 232 g/mol. The highest BCUT2D eigenvalue weighted by atomic mass is 16.5. The van der Waals surface area contributed by atoms with E-state index in [1.54, 1.807) is 6.92 Å². The van der Waals surface area contributed by atoms with E-state index < -0.39 is 23.7 Å². The van der Waals surface area contributed by atoms with Crippen LogP contribution < -0.4 is 5.43 Å². The maximum Gasteiger partial charge on any atom is 0.427 e. The minimum Gasteiger partial charge on any atom is -0.481 e. The van der Waals surface area contributed by atoms with Gasteiger partial charge in [0.1, 0.15) is 5.71 Å². The quantitative estimate of drug-likeness (QED) is 0.438. The van der Waals surface area contributed by atoms with Crippen molar-refractivity contribution in [1.82, 2.24) is 5.43 Å². The number of carbonyl (C=O) groups excluding carboxylic acids is 1. The molecular formula is C8H12N2O6. The van der Waals surface area contributed by atoms with Gasteiger partial charge in [-0.2, -0.15) is 5.10 Å². The highest BCUT2D eigenvalue weighted by Crippen LogP contribution is 1.94. The van der Waals surface area contributed by atoms with Gasteiger partial charge >= 0.3 is 18.0 Å². The number of rotatable bonds is 6. The standard InChI is InChI=1S/C8H12N2O6/c1-2-16-8(15)10-9-5(7(13)14)3-4-6(11)12/h2-4H2,1H3,(H,10,15)(H,11,12)(H,13,14)/b9-5+. The van der Waals surface area contributed by atoms with Gasteiger partial charge in [0, 0.05) is 6.42 Å². The maximum absolute atomic E-state index is 10.8. The van der Waals surface area contributed by atoms with Crippen LogP contribution in [0.5, 0.6) is 0 Å². The summed E-state index contributed by atoms with van der Waals surface area (Å²) in [6.07, 6.45) is -1.55. The summed E-state index contributed by atoms with van der Waals surface area (Å²) >= 11 is 0. The van der Waals surface area contributed by atoms with Crippen LogP contribution in [0.15, 0.2) is 5.10 Å². The van der Waals surface area contributed by atoms with Crippen molar-refractivity contribution >= 4 is 23.7 Å². The summed E-state index contributed by atoms with van der Waals surface area (Å²) in [4.78, 5) is 31.5. The van der Waals surface area contributed by atoms with E-state index >= 15 is 0 Å². The van der Waals surface area contributed by atoms with Crippen LogP contribution in [0.1, 0.15) is 19.8 Å². The molecular weight excluding hydrogens is 220 g/mol. The molecule has 0 saturated carbocycles. The largest absolute Gasteiger partial charge is 0.481 e. The Kier molecular flexibility index (Phi) is 6.25. The van der Waals surface area contributed by atoms with Gasteiger partial charge in [0.25, 0.3) is 0 Å². The summed E-state index contributed by atoms with van der Waals surface area (Å²) in [7, 11) is 0. The molecule has 0 heterocycles. The van der Waals surface area contributed by atoms with E-state index in [1.165, 1.54) is 0 Å². The molecule has 90 valence electrons. The Balaban J connectivity index is 4.30. The molecule has 0 aromatic rings. The number of nitrogens with zero attached hydrogens (tertiary/aromatic N) is 1. The zero-order chi connectivity index (χ0) is 12.6. The Labute approximate surface area is 90.9 Å². The van der Waals surface area contributed by atoms with Crippen molar-refractivity contribution in [2.45, 2.75) is 19.8 Å². The van der Waals surface area contributed by atoms with Gasteiger partial charge < -0.3 is 14.9 Å². The minimum absolute atomic E-state index is 0.124.